The first-order valence-electron chi connectivity index (χ1n) is 7.34. The van der Waals surface area contributed by atoms with Gasteiger partial charge in [0.05, 0.1) is 5.56 Å². The number of aromatic nitrogens is 1. The molecular weight excluding hydrogens is 298 g/mol. The lowest BCUT2D eigenvalue weighted by Crippen LogP contribution is -2.38. The SMILES string of the molecule is CN(C(=O)c1cncc(-c2ccc(Cl)cc2)c1)C1CCNC1. The van der Waals surface area contributed by atoms with Crippen molar-refractivity contribution in [2.45, 2.75) is 12.5 Å². The number of halogens is 1. The monoisotopic (exact) mass is 315 g/mol. The summed E-state index contributed by atoms with van der Waals surface area (Å²) in [6.07, 6.45) is 4.38. The van der Waals surface area contributed by atoms with E-state index in [4.69, 9.17) is 11.6 Å². The van der Waals surface area contributed by atoms with Gasteiger partial charge in [0, 0.05) is 42.6 Å². The van der Waals surface area contributed by atoms with Crippen LogP contribution in [0.25, 0.3) is 11.1 Å². The number of rotatable bonds is 3. The number of benzene rings is 1. The van der Waals surface area contributed by atoms with E-state index in [0.29, 0.717) is 10.6 Å². The maximum atomic E-state index is 12.6. The zero-order valence-corrected chi connectivity index (χ0v) is 13.2. The smallest absolute Gasteiger partial charge is 0.255 e. The summed E-state index contributed by atoms with van der Waals surface area (Å²) < 4.78 is 0. The molecule has 1 aromatic heterocycles. The van der Waals surface area contributed by atoms with Gasteiger partial charge >= 0.3 is 0 Å². The van der Waals surface area contributed by atoms with Crippen LogP contribution in [0.4, 0.5) is 0 Å². The summed E-state index contributed by atoms with van der Waals surface area (Å²) in [5.41, 5.74) is 2.53. The quantitative estimate of drug-likeness (QED) is 0.947. The number of amides is 1. The summed E-state index contributed by atoms with van der Waals surface area (Å²) in [6, 6.07) is 9.67. The van der Waals surface area contributed by atoms with Gasteiger partial charge in [-0.05, 0) is 36.7 Å². The molecule has 1 aromatic carbocycles. The van der Waals surface area contributed by atoms with Crippen molar-refractivity contribution in [3.63, 3.8) is 0 Å². The lowest BCUT2D eigenvalue weighted by Gasteiger charge is -2.23. The van der Waals surface area contributed by atoms with Crippen molar-refractivity contribution in [2.75, 3.05) is 20.1 Å². The van der Waals surface area contributed by atoms with Crippen LogP contribution >= 0.6 is 11.6 Å². The highest BCUT2D eigenvalue weighted by molar-refractivity contribution is 6.30. The Morgan fingerprint density at radius 3 is 2.73 bits per heavy atom. The second kappa shape index (κ2) is 6.46. The van der Waals surface area contributed by atoms with Gasteiger partial charge in [-0.2, -0.15) is 0 Å². The van der Waals surface area contributed by atoms with E-state index in [0.717, 1.165) is 30.6 Å². The van der Waals surface area contributed by atoms with Crippen LogP contribution < -0.4 is 5.32 Å². The second-order valence-corrected chi connectivity index (χ2v) is 5.97. The molecule has 1 aliphatic heterocycles. The highest BCUT2D eigenvalue weighted by Gasteiger charge is 2.24. The topological polar surface area (TPSA) is 45.2 Å². The maximum absolute atomic E-state index is 12.6. The molecule has 2 heterocycles. The highest BCUT2D eigenvalue weighted by atomic mass is 35.5. The van der Waals surface area contributed by atoms with Crippen molar-refractivity contribution in [1.29, 1.82) is 0 Å². The second-order valence-electron chi connectivity index (χ2n) is 5.53. The van der Waals surface area contributed by atoms with E-state index in [1.807, 2.05) is 42.3 Å². The molecule has 4 nitrogen and oxygen atoms in total. The van der Waals surface area contributed by atoms with Crippen molar-refractivity contribution in [1.82, 2.24) is 15.2 Å². The fourth-order valence-corrected chi connectivity index (χ4v) is 2.82. The average molecular weight is 316 g/mol. The summed E-state index contributed by atoms with van der Waals surface area (Å²) in [5.74, 6) is 0.0111. The third-order valence-electron chi connectivity index (χ3n) is 4.07. The number of carbonyl (C=O) groups is 1. The number of nitrogens with one attached hydrogen (secondary N) is 1. The minimum Gasteiger partial charge on any atom is -0.337 e. The first-order chi connectivity index (χ1) is 10.6. The van der Waals surface area contributed by atoms with Gasteiger partial charge in [0.15, 0.2) is 0 Å². The Bertz CT molecular complexity index is 666. The molecule has 22 heavy (non-hydrogen) atoms. The molecule has 3 rings (SSSR count). The van der Waals surface area contributed by atoms with E-state index in [9.17, 15) is 4.79 Å². The van der Waals surface area contributed by atoms with Gasteiger partial charge in [0.2, 0.25) is 0 Å². The van der Waals surface area contributed by atoms with Crippen molar-refractivity contribution < 1.29 is 4.79 Å². The van der Waals surface area contributed by atoms with Gasteiger partial charge in [-0.25, -0.2) is 0 Å². The summed E-state index contributed by atoms with van der Waals surface area (Å²) in [7, 11) is 1.86. The molecular formula is C17H18ClN3O. The van der Waals surface area contributed by atoms with Crippen LogP contribution in [0.2, 0.25) is 5.02 Å². The predicted octanol–water partition coefficient (Wildman–Crippen LogP) is 2.84. The van der Waals surface area contributed by atoms with E-state index in [-0.39, 0.29) is 11.9 Å². The Kier molecular flexibility index (Phi) is 4.41. The number of nitrogens with zero attached hydrogens (tertiary/aromatic N) is 2. The Labute approximate surface area is 135 Å². The number of likely N-dealkylation sites (N-methyl/N-ethyl adjacent to an activating group) is 1. The van der Waals surface area contributed by atoms with Crippen molar-refractivity contribution in [3.05, 3.63) is 53.3 Å². The molecule has 0 aliphatic carbocycles. The first kappa shape index (κ1) is 15.0. The van der Waals surface area contributed by atoms with Gasteiger partial charge in [-0.15, -0.1) is 0 Å². The Morgan fingerprint density at radius 1 is 1.27 bits per heavy atom. The standard InChI is InChI=1S/C17H18ClN3O/c1-21(16-6-7-19-11-16)17(22)14-8-13(9-20-10-14)12-2-4-15(18)5-3-12/h2-5,8-10,16,19H,6-7,11H2,1H3. The summed E-state index contributed by atoms with van der Waals surface area (Å²) in [5, 5.41) is 3.97. The summed E-state index contributed by atoms with van der Waals surface area (Å²) in [4.78, 5) is 18.6. The molecule has 5 heteroatoms. The van der Waals surface area contributed by atoms with Gasteiger partial charge in [-0.3, -0.25) is 9.78 Å². The van der Waals surface area contributed by atoms with Crippen LogP contribution in [-0.2, 0) is 0 Å². The Morgan fingerprint density at radius 2 is 2.05 bits per heavy atom. The van der Waals surface area contributed by atoms with Crippen LogP contribution in [0.15, 0.2) is 42.7 Å². The lowest BCUT2D eigenvalue weighted by atomic mass is 10.1. The fourth-order valence-electron chi connectivity index (χ4n) is 2.70. The van der Waals surface area contributed by atoms with E-state index >= 15 is 0 Å². The summed E-state index contributed by atoms with van der Waals surface area (Å²) >= 11 is 5.91. The van der Waals surface area contributed by atoms with Crippen molar-refractivity contribution in [3.8, 4) is 11.1 Å². The van der Waals surface area contributed by atoms with Crippen LogP contribution in [0.1, 0.15) is 16.8 Å². The molecule has 1 aliphatic rings. The van der Waals surface area contributed by atoms with Crippen molar-refractivity contribution in [2.24, 2.45) is 0 Å². The van der Waals surface area contributed by atoms with Crippen LogP contribution in [0.5, 0.6) is 0 Å². The highest BCUT2D eigenvalue weighted by Crippen LogP contribution is 2.22. The zero-order chi connectivity index (χ0) is 15.5. The van der Waals surface area contributed by atoms with Crippen LogP contribution in [-0.4, -0.2) is 42.0 Å². The number of carbonyl (C=O) groups excluding carboxylic acids is 1. The van der Waals surface area contributed by atoms with E-state index < -0.39 is 0 Å². The van der Waals surface area contributed by atoms with Crippen LogP contribution in [0.3, 0.4) is 0 Å². The molecule has 0 spiro atoms. The molecule has 0 saturated carbocycles. The average Bonchev–Trinajstić information content (AvgIpc) is 3.09. The minimum absolute atomic E-state index is 0.0111. The molecule has 1 amide bonds. The molecule has 1 atom stereocenters. The van der Waals surface area contributed by atoms with Gasteiger partial charge in [-0.1, -0.05) is 23.7 Å². The number of pyridine rings is 1. The lowest BCUT2D eigenvalue weighted by molar-refractivity contribution is 0.0743. The first-order valence-corrected chi connectivity index (χ1v) is 7.72. The van der Waals surface area contributed by atoms with Gasteiger partial charge in [0.25, 0.3) is 5.91 Å². The van der Waals surface area contributed by atoms with Crippen molar-refractivity contribution >= 4 is 17.5 Å². The van der Waals surface area contributed by atoms with E-state index in [2.05, 4.69) is 10.3 Å². The van der Waals surface area contributed by atoms with E-state index in [1.54, 1.807) is 12.4 Å². The van der Waals surface area contributed by atoms with Gasteiger partial charge in [0.1, 0.15) is 0 Å². The molecule has 1 saturated heterocycles. The number of hydrogen-bond acceptors (Lipinski definition) is 3. The molecule has 114 valence electrons. The zero-order valence-electron chi connectivity index (χ0n) is 12.4. The molecule has 2 aromatic rings. The summed E-state index contributed by atoms with van der Waals surface area (Å²) in [6.45, 7) is 1.82. The minimum atomic E-state index is 0.0111. The fraction of sp³-hybridized carbons (Fsp3) is 0.294. The third kappa shape index (κ3) is 3.13. The Balaban J connectivity index is 1.84. The Hall–Kier alpha value is -1.91. The normalized spacial score (nSPS) is 17.5. The predicted molar refractivity (Wildman–Crippen MR) is 88.1 cm³/mol. The largest absolute Gasteiger partial charge is 0.337 e. The van der Waals surface area contributed by atoms with Gasteiger partial charge < -0.3 is 10.2 Å². The molecule has 0 bridgehead atoms. The molecule has 0 radical (unpaired) electrons. The third-order valence-corrected chi connectivity index (χ3v) is 4.32. The van der Waals surface area contributed by atoms with E-state index in [1.165, 1.54) is 0 Å². The molecule has 1 unspecified atom stereocenters. The molecule has 1 N–H and O–H groups in total. The molecule has 1 fully saturated rings. The van der Waals surface area contributed by atoms with Crippen LogP contribution in [0, 0.1) is 0 Å². The maximum Gasteiger partial charge on any atom is 0.255 e. The number of hydrogen-bond donors (Lipinski definition) is 1.